The summed E-state index contributed by atoms with van der Waals surface area (Å²) in [7, 11) is 0. The number of carbonyl (C=O) groups is 1. The first-order valence-electron chi connectivity index (χ1n) is 7.97. The average Bonchev–Trinajstić information content (AvgIpc) is 2.55. The minimum absolute atomic E-state index is 0.229. The maximum Gasteiger partial charge on any atom is 0.416 e. The quantitative estimate of drug-likeness (QED) is 0.656. The minimum atomic E-state index is -4.38. The molecule has 1 atom stereocenters. The fourth-order valence-electron chi connectivity index (χ4n) is 2.01. The van der Waals surface area contributed by atoms with E-state index >= 15 is 0 Å². The molecule has 0 spiro atoms. The SMILES string of the molecule is CC(C)OC(=O)C(C)Oc1ccc(Oc2ccc(C(F)(F)F)cc2)cc1. The lowest BCUT2D eigenvalue weighted by Crippen LogP contribution is -2.28. The highest BCUT2D eigenvalue weighted by atomic mass is 19.4. The van der Waals surface area contributed by atoms with Gasteiger partial charge in [0, 0.05) is 0 Å². The Morgan fingerprint density at radius 1 is 0.846 bits per heavy atom. The Morgan fingerprint density at radius 3 is 1.77 bits per heavy atom. The maximum absolute atomic E-state index is 12.5. The van der Waals surface area contributed by atoms with Crippen LogP contribution in [-0.4, -0.2) is 18.2 Å². The van der Waals surface area contributed by atoms with E-state index in [0.29, 0.717) is 11.5 Å². The Morgan fingerprint density at radius 2 is 1.31 bits per heavy atom. The standard InChI is InChI=1S/C19H19F3O4/c1-12(2)24-18(23)13(3)25-15-8-10-17(11-9-15)26-16-6-4-14(5-7-16)19(20,21)22/h4-13H,1-3H3. The Kier molecular flexibility index (Phi) is 6.13. The number of ether oxygens (including phenoxy) is 3. The van der Waals surface area contributed by atoms with Crippen molar-refractivity contribution in [3.8, 4) is 17.2 Å². The molecule has 0 fully saturated rings. The fourth-order valence-corrected chi connectivity index (χ4v) is 2.01. The number of halogens is 3. The predicted octanol–water partition coefficient (Wildman–Crippen LogP) is 5.22. The van der Waals surface area contributed by atoms with E-state index in [0.717, 1.165) is 12.1 Å². The second-order valence-electron chi connectivity index (χ2n) is 5.84. The van der Waals surface area contributed by atoms with Gasteiger partial charge in [-0.1, -0.05) is 0 Å². The molecule has 0 radical (unpaired) electrons. The summed E-state index contributed by atoms with van der Waals surface area (Å²) in [5.74, 6) is 0.679. The number of hydrogen-bond donors (Lipinski definition) is 0. The van der Waals surface area contributed by atoms with E-state index in [1.807, 2.05) is 0 Å². The molecule has 26 heavy (non-hydrogen) atoms. The largest absolute Gasteiger partial charge is 0.479 e. The molecule has 2 aromatic carbocycles. The van der Waals surface area contributed by atoms with Crippen molar-refractivity contribution in [2.24, 2.45) is 0 Å². The van der Waals surface area contributed by atoms with Gasteiger partial charge >= 0.3 is 12.1 Å². The summed E-state index contributed by atoms with van der Waals surface area (Å²) in [6.45, 7) is 5.08. The van der Waals surface area contributed by atoms with E-state index in [2.05, 4.69) is 0 Å². The third-order valence-corrected chi connectivity index (χ3v) is 3.24. The van der Waals surface area contributed by atoms with Crippen molar-refractivity contribution in [2.45, 2.75) is 39.2 Å². The number of hydrogen-bond acceptors (Lipinski definition) is 4. The summed E-state index contributed by atoms with van der Waals surface area (Å²) >= 11 is 0. The summed E-state index contributed by atoms with van der Waals surface area (Å²) in [6.07, 6.45) is -5.38. The first-order chi connectivity index (χ1) is 12.1. The number of rotatable bonds is 6. The van der Waals surface area contributed by atoms with Crippen LogP contribution in [0.4, 0.5) is 13.2 Å². The van der Waals surface area contributed by atoms with Crippen molar-refractivity contribution in [1.82, 2.24) is 0 Å². The van der Waals surface area contributed by atoms with Gasteiger partial charge in [-0.15, -0.1) is 0 Å². The molecule has 0 bridgehead atoms. The highest BCUT2D eigenvalue weighted by Crippen LogP contribution is 2.31. The van der Waals surface area contributed by atoms with E-state index in [-0.39, 0.29) is 11.9 Å². The van der Waals surface area contributed by atoms with Gasteiger partial charge in [0.2, 0.25) is 0 Å². The molecule has 0 N–H and O–H groups in total. The Hall–Kier alpha value is -2.70. The summed E-state index contributed by atoms with van der Waals surface area (Å²) in [4.78, 5) is 11.7. The van der Waals surface area contributed by atoms with E-state index in [4.69, 9.17) is 14.2 Å². The van der Waals surface area contributed by atoms with Crippen LogP contribution in [0.3, 0.4) is 0 Å². The normalized spacial score (nSPS) is 12.6. The molecular weight excluding hydrogens is 349 g/mol. The number of carbonyl (C=O) groups excluding carboxylic acids is 1. The second kappa shape index (κ2) is 8.12. The summed E-state index contributed by atoms with van der Waals surface area (Å²) in [6, 6.07) is 10.8. The second-order valence-corrected chi connectivity index (χ2v) is 5.84. The molecule has 0 aliphatic heterocycles. The lowest BCUT2D eigenvalue weighted by Gasteiger charge is -2.16. The van der Waals surface area contributed by atoms with Gasteiger partial charge in [-0.05, 0) is 69.3 Å². The monoisotopic (exact) mass is 368 g/mol. The molecule has 0 aliphatic rings. The van der Waals surface area contributed by atoms with Crippen molar-refractivity contribution in [3.63, 3.8) is 0 Å². The van der Waals surface area contributed by atoms with Crippen molar-refractivity contribution in [1.29, 1.82) is 0 Å². The molecule has 140 valence electrons. The summed E-state index contributed by atoms with van der Waals surface area (Å²) < 4.78 is 53.6. The number of esters is 1. The van der Waals surface area contributed by atoms with Gasteiger partial charge in [-0.2, -0.15) is 13.2 Å². The molecule has 0 heterocycles. The Labute approximate surface area is 149 Å². The van der Waals surface area contributed by atoms with Gasteiger partial charge < -0.3 is 14.2 Å². The smallest absolute Gasteiger partial charge is 0.416 e. The van der Waals surface area contributed by atoms with Gasteiger partial charge in [0.05, 0.1) is 11.7 Å². The molecule has 1 unspecified atom stereocenters. The maximum atomic E-state index is 12.5. The van der Waals surface area contributed by atoms with E-state index < -0.39 is 23.8 Å². The summed E-state index contributed by atoms with van der Waals surface area (Å²) in [5, 5.41) is 0. The third kappa shape index (κ3) is 5.68. The van der Waals surface area contributed by atoms with Crippen LogP contribution in [0.15, 0.2) is 48.5 Å². The van der Waals surface area contributed by atoms with E-state index in [9.17, 15) is 18.0 Å². The van der Waals surface area contributed by atoms with Crippen molar-refractivity contribution < 1.29 is 32.2 Å². The van der Waals surface area contributed by atoms with Crippen molar-refractivity contribution in [2.75, 3.05) is 0 Å². The molecule has 2 aromatic rings. The molecule has 7 heteroatoms. The first kappa shape index (κ1) is 19.6. The zero-order chi connectivity index (χ0) is 19.3. The Bertz CT molecular complexity index is 722. The van der Waals surface area contributed by atoms with Gasteiger partial charge in [0.25, 0.3) is 0 Å². The summed E-state index contributed by atoms with van der Waals surface area (Å²) in [5.41, 5.74) is -0.740. The minimum Gasteiger partial charge on any atom is -0.479 e. The van der Waals surface area contributed by atoms with Gasteiger partial charge in [-0.3, -0.25) is 0 Å². The van der Waals surface area contributed by atoms with Crippen LogP contribution in [0.1, 0.15) is 26.3 Å². The number of benzene rings is 2. The van der Waals surface area contributed by atoms with Gasteiger partial charge in [0.15, 0.2) is 6.10 Å². The molecule has 2 rings (SSSR count). The molecule has 0 amide bonds. The molecular formula is C19H19F3O4. The zero-order valence-corrected chi connectivity index (χ0v) is 14.5. The van der Waals surface area contributed by atoms with Crippen LogP contribution in [0.5, 0.6) is 17.2 Å². The van der Waals surface area contributed by atoms with Gasteiger partial charge in [0.1, 0.15) is 17.2 Å². The highest BCUT2D eigenvalue weighted by Gasteiger charge is 2.30. The molecule has 0 aliphatic carbocycles. The van der Waals surface area contributed by atoms with Crippen LogP contribution in [-0.2, 0) is 15.7 Å². The fraction of sp³-hybridized carbons (Fsp3) is 0.316. The van der Waals surface area contributed by atoms with Gasteiger partial charge in [-0.25, -0.2) is 4.79 Å². The van der Waals surface area contributed by atoms with Crippen LogP contribution in [0, 0.1) is 0 Å². The van der Waals surface area contributed by atoms with Crippen LogP contribution >= 0.6 is 0 Å². The van der Waals surface area contributed by atoms with Crippen LogP contribution in [0.2, 0.25) is 0 Å². The van der Waals surface area contributed by atoms with Crippen LogP contribution < -0.4 is 9.47 Å². The number of alkyl halides is 3. The first-order valence-corrected chi connectivity index (χ1v) is 7.97. The molecule has 0 aromatic heterocycles. The molecule has 0 saturated carbocycles. The Balaban J connectivity index is 1.96. The van der Waals surface area contributed by atoms with Crippen molar-refractivity contribution >= 4 is 5.97 Å². The zero-order valence-electron chi connectivity index (χ0n) is 14.5. The molecule has 4 nitrogen and oxygen atoms in total. The lowest BCUT2D eigenvalue weighted by molar-refractivity contribution is -0.154. The average molecular weight is 368 g/mol. The van der Waals surface area contributed by atoms with Crippen molar-refractivity contribution in [3.05, 3.63) is 54.1 Å². The highest BCUT2D eigenvalue weighted by molar-refractivity contribution is 5.74. The third-order valence-electron chi connectivity index (χ3n) is 3.24. The van der Waals surface area contributed by atoms with E-state index in [1.165, 1.54) is 12.1 Å². The van der Waals surface area contributed by atoms with E-state index in [1.54, 1.807) is 45.0 Å². The topological polar surface area (TPSA) is 44.8 Å². The molecule has 0 saturated heterocycles. The van der Waals surface area contributed by atoms with Crippen LogP contribution in [0.25, 0.3) is 0 Å². The predicted molar refractivity (Wildman–Crippen MR) is 89.3 cm³/mol. The lowest BCUT2D eigenvalue weighted by atomic mass is 10.2.